The zero-order valence-corrected chi connectivity index (χ0v) is 21.0. The largest absolute Gasteiger partial charge is 0.381 e. The molecule has 180 valence electrons. The van der Waals surface area contributed by atoms with E-state index >= 15 is 0 Å². The Bertz CT molecular complexity index is 1210. The van der Waals surface area contributed by atoms with E-state index in [0.717, 1.165) is 85.4 Å². The number of nitrogens with one attached hydrogen (secondary N) is 1. The summed E-state index contributed by atoms with van der Waals surface area (Å²) >= 11 is 6.52. The molecular weight excluding hydrogens is 448 g/mol. The fourth-order valence-corrected chi connectivity index (χ4v) is 5.15. The van der Waals surface area contributed by atoms with Crippen LogP contribution in [0.5, 0.6) is 0 Å². The van der Waals surface area contributed by atoms with Crippen LogP contribution >= 0.6 is 11.6 Å². The second kappa shape index (κ2) is 9.59. The minimum absolute atomic E-state index is 0.0507. The van der Waals surface area contributed by atoms with E-state index in [0.29, 0.717) is 5.92 Å². The Morgan fingerprint density at radius 3 is 2.59 bits per heavy atom. The van der Waals surface area contributed by atoms with Gasteiger partial charge in [0.15, 0.2) is 0 Å². The molecule has 0 spiro atoms. The Morgan fingerprint density at radius 1 is 1.09 bits per heavy atom. The molecule has 0 radical (unpaired) electrons. The predicted molar refractivity (Wildman–Crippen MR) is 137 cm³/mol. The third kappa shape index (κ3) is 4.53. The molecule has 0 saturated carbocycles. The summed E-state index contributed by atoms with van der Waals surface area (Å²) in [6, 6.07) is 10.6. The first-order chi connectivity index (χ1) is 16.4. The van der Waals surface area contributed by atoms with Crippen LogP contribution in [0.3, 0.4) is 0 Å². The SMILES string of the molecule is Cc1ccc(-n2c(N3CCC(C(=O)NCC4CCOC4)CC3)nc3cc(C)c(Cl)cc32)cc1C. The number of amides is 1. The van der Waals surface area contributed by atoms with E-state index in [1.807, 2.05) is 13.0 Å². The first-order valence-corrected chi connectivity index (χ1v) is 12.6. The number of hydrogen-bond donors (Lipinski definition) is 1. The van der Waals surface area contributed by atoms with Gasteiger partial charge in [-0.15, -0.1) is 0 Å². The molecule has 1 amide bonds. The molecule has 2 saturated heterocycles. The molecule has 2 aliphatic heterocycles. The number of hydrogen-bond acceptors (Lipinski definition) is 4. The van der Waals surface area contributed by atoms with Gasteiger partial charge in [-0.05, 0) is 81.0 Å². The second-order valence-corrected chi connectivity index (χ2v) is 10.2. The number of ether oxygens (including phenoxy) is 1. The summed E-state index contributed by atoms with van der Waals surface area (Å²) in [6.45, 7) is 10.2. The Hall–Kier alpha value is -2.57. The zero-order chi connectivity index (χ0) is 23.8. The number of fused-ring (bicyclic) bond motifs is 1. The summed E-state index contributed by atoms with van der Waals surface area (Å²) in [5.41, 5.74) is 6.56. The molecule has 6 nitrogen and oxygen atoms in total. The van der Waals surface area contributed by atoms with Gasteiger partial charge in [-0.3, -0.25) is 9.36 Å². The molecule has 5 rings (SSSR count). The Morgan fingerprint density at radius 2 is 1.88 bits per heavy atom. The number of aromatic nitrogens is 2. The molecule has 1 unspecified atom stereocenters. The number of benzene rings is 2. The summed E-state index contributed by atoms with van der Waals surface area (Å²) < 4.78 is 7.64. The normalized spacial score (nSPS) is 19.2. The van der Waals surface area contributed by atoms with Crippen molar-refractivity contribution in [3.63, 3.8) is 0 Å². The van der Waals surface area contributed by atoms with E-state index in [1.54, 1.807) is 0 Å². The monoisotopic (exact) mass is 480 g/mol. The van der Waals surface area contributed by atoms with Gasteiger partial charge in [0.25, 0.3) is 0 Å². The third-order valence-corrected chi connectivity index (χ3v) is 7.81. The van der Waals surface area contributed by atoms with Gasteiger partial charge < -0.3 is 15.0 Å². The van der Waals surface area contributed by atoms with E-state index in [2.05, 4.69) is 52.9 Å². The van der Waals surface area contributed by atoms with E-state index in [-0.39, 0.29) is 11.8 Å². The van der Waals surface area contributed by atoms with Crippen molar-refractivity contribution in [3.8, 4) is 5.69 Å². The Kier molecular flexibility index (Phi) is 6.54. The topological polar surface area (TPSA) is 59.4 Å². The average Bonchev–Trinajstić information content (AvgIpc) is 3.48. The van der Waals surface area contributed by atoms with Crippen LogP contribution < -0.4 is 10.2 Å². The smallest absolute Gasteiger partial charge is 0.223 e. The number of rotatable bonds is 5. The highest BCUT2D eigenvalue weighted by Gasteiger charge is 2.29. The van der Waals surface area contributed by atoms with Crippen molar-refractivity contribution in [1.82, 2.24) is 14.9 Å². The number of nitrogens with zero attached hydrogens (tertiary/aromatic N) is 3. The molecule has 1 aromatic heterocycles. The lowest BCUT2D eigenvalue weighted by molar-refractivity contribution is -0.125. The van der Waals surface area contributed by atoms with Gasteiger partial charge in [-0.1, -0.05) is 17.7 Å². The van der Waals surface area contributed by atoms with Crippen LogP contribution in [0.1, 0.15) is 36.0 Å². The summed E-state index contributed by atoms with van der Waals surface area (Å²) in [7, 11) is 0. The first-order valence-electron chi connectivity index (χ1n) is 12.3. The van der Waals surface area contributed by atoms with Crippen molar-refractivity contribution in [2.24, 2.45) is 11.8 Å². The summed E-state index contributed by atoms with van der Waals surface area (Å²) in [6.07, 6.45) is 2.68. The number of carbonyl (C=O) groups is 1. The molecule has 0 bridgehead atoms. The van der Waals surface area contributed by atoms with Crippen molar-refractivity contribution >= 4 is 34.5 Å². The molecule has 2 aliphatic rings. The lowest BCUT2D eigenvalue weighted by Crippen LogP contribution is -2.42. The van der Waals surface area contributed by atoms with Crippen LogP contribution in [0.25, 0.3) is 16.7 Å². The maximum atomic E-state index is 12.8. The third-order valence-electron chi connectivity index (χ3n) is 7.40. The fraction of sp³-hybridized carbons (Fsp3) is 0.481. The van der Waals surface area contributed by atoms with Gasteiger partial charge in [0, 0.05) is 48.8 Å². The van der Waals surface area contributed by atoms with Crippen LogP contribution in [-0.4, -0.2) is 48.3 Å². The van der Waals surface area contributed by atoms with E-state index in [4.69, 9.17) is 21.3 Å². The zero-order valence-electron chi connectivity index (χ0n) is 20.2. The first kappa shape index (κ1) is 23.2. The van der Waals surface area contributed by atoms with Gasteiger partial charge >= 0.3 is 0 Å². The summed E-state index contributed by atoms with van der Waals surface area (Å²) in [5, 5.41) is 3.90. The minimum atomic E-state index is 0.0507. The summed E-state index contributed by atoms with van der Waals surface area (Å²) in [5.74, 6) is 1.60. The molecule has 2 aromatic carbocycles. The number of anilines is 1. The highest BCUT2D eigenvalue weighted by atomic mass is 35.5. The van der Waals surface area contributed by atoms with Crippen molar-refractivity contribution in [2.45, 2.75) is 40.0 Å². The van der Waals surface area contributed by atoms with E-state index < -0.39 is 0 Å². The second-order valence-electron chi connectivity index (χ2n) is 9.84. The summed E-state index contributed by atoms with van der Waals surface area (Å²) in [4.78, 5) is 20.1. The van der Waals surface area contributed by atoms with Crippen LogP contribution in [0.2, 0.25) is 5.02 Å². The Labute approximate surface area is 206 Å². The minimum Gasteiger partial charge on any atom is -0.381 e. The lowest BCUT2D eigenvalue weighted by atomic mass is 9.95. The van der Waals surface area contributed by atoms with Gasteiger partial charge in [0.1, 0.15) is 0 Å². The average molecular weight is 481 g/mol. The number of piperidine rings is 1. The molecule has 1 N–H and O–H groups in total. The van der Waals surface area contributed by atoms with Crippen LogP contribution in [0.4, 0.5) is 5.95 Å². The molecule has 3 heterocycles. The van der Waals surface area contributed by atoms with Crippen LogP contribution in [0, 0.1) is 32.6 Å². The molecule has 2 fully saturated rings. The predicted octanol–water partition coefficient (Wildman–Crippen LogP) is 4.97. The molecule has 3 aromatic rings. The van der Waals surface area contributed by atoms with Crippen molar-refractivity contribution in [3.05, 3.63) is 52.0 Å². The standard InChI is InChI=1S/C27H33ClN4O2/c1-17-4-5-22(12-18(17)2)32-25-14-23(28)19(3)13-24(25)30-27(32)31-9-6-21(7-10-31)26(33)29-15-20-8-11-34-16-20/h4-5,12-14,20-21H,6-11,15-16H2,1-3H3,(H,29,33). The molecule has 1 atom stereocenters. The number of imidazole rings is 1. The molecule has 7 heteroatoms. The van der Waals surface area contributed by atoms with Gasteiger partial charge in [-0.25, -0.2) is 4.98 Å². The molecular formula is C27H33ClN4O2. The van der Waals surface area contributed by atoms with Crippen LogP contribution in [-0.2, 0) is 9.53 Å². The Balaban J connectivity index is 1.39. The quantitative estimate of drug-likeness (QED) is 0.560. The van der Waals surface area contributed by atoms with E-state index in [1.165, 1.54) is 11.1 Å². The fourth-order valence-electron chi connectivity index (χ4n) is 5.00. The molecule has 0 aliphatic carbocycles. The maximum absolute atomic E-state index is 12.8. The highest BCUT2D eigenvalue weighted by Crippen LogP contribution is 2.33. The van der Waals surface area contributed by atoms with Crippen LogP contribution in [0.15, 0.2) is 30.3 Å². The molecule has 34 heavy (non-hydrogen) atoms. The number of aryl methyl sites for hydroxylation is 3. The number of halogens is 1. The van der Waals surface area contributed by atoms with Crippen molar-refractivity contribution < 1.29 is 9.53 Å². The van der Waals surface area contributed by atoms with E-state index in [9.17, 15) is 4.79 Å². The van der Waals surface area contributed by atoms with Gasteiger partial charge in [-0.2, -0.15) is 0 Å². The lowest BCUT2D eigenvalue weighted by Gasteiger charge is -2.32. The highest BCUT2D eigenvalue weighted by molar-refractivity contribution is 6.32. The number of carbonyl (C=O) groups excluding carboxylic acids is 1. The van der Waals surface area contributed by atoms with Gasteiger partial charge in [0.05, 0.1) is 17.6 Å². The van der Waals surface area contributed by atoms with Gasteiger partial charge in [0.2, 0.25) is 11.9 Å². The van der Waals surface area contributed by atoms with Crippen molar-refractivity contribution in [2.75, 3.05) is 37.7 Å². The maximum Gasteiger partial charge on any atom is 0.223 e. The van der Waals surface area contributed by atoms with Crippen molar-refractivity contribution in [1.29, 1.82) is 0 Å².